The van der Waals surface area contributed by atoms with E-state index in [1.807, 2.05) is 0 Å². The second kappa shape index (κ2) is 10.3. The number of halogens is 5. The van der Waals surface area contributed by atoms with Gasteiger partial charge in [-0.3, -0.25) is 0 Å². The predicted molar refractivity (Wildman–Crippen MR) is 118 cm³/mol. The average Bonchev–Trinajstić information content (AvgIpc) is 3.47. The minimum absolute atomic E-state index is 0.0434. The maximum Gasteiger partial charge on any atom is 0.434 e. The van der Waals surface area contributed by atoms with Crippen LogP contribution in [0.15, 0.2) is 35.2 Å². The van der Waals surface area contributed by atoms with Crippen molar-refractivity contribution in [3.05, 3.63) is 46.5 Å². The third-order valence-corrected chi connectivity index (χ3v) is 5.38. The first-order chi connectivity index (χ1) is 16.7. The van der Waals surface area contributed by atoms with Crippen molar-refractivity contribution < 1.29 is 32.6 Å². The zero-order valence-electron chi connectivity index (χ0n) is 17.6. The van der Waals surface area contributed by atoms with E-state index in [9.17, 15) is 13.2 Å². The van der Waals surface area contributed by atoms with Gasteiger partial charge in [-0.1, -0.05) is 28.4 Å². The highest BCUT2D eigenvalue weighted by Crippen LogP contribution is 2.36. The van der Waals surface area contributed by atoms with Crippen LogP contribution in [0, 0.1) is 0 Å². The Labute approximate surface area is 205 Å². The lowest BCUT2D eigenvalue weighted by Gasteiger charge is -2.14. The van der Waals surface area contributed by atoms with Gasteiger partial charge in [0, 0.05) is 30.6 Å². The Morgan fingerprint density at radius 3 is 2.60 bits per heavy atom. The number of hydrogen-bond acceptors (Lipinski definition) is 9. The van der Waals surface area contributed by atoms with Crippen LogP contribution in [0.2, 0.25) is 10.0 Å². The lowest BCUT2D eigenvalue weighted by Crippen LogP contribution is -2.38. The Hall–Kier alpha value is -2.97. The van der Waals surface area contributed by atoms with Crippen LogP contribution in [0.3, 0.4) is 0 Å². The van der Waals surface area contributed by atoms with Crippen molar-refractivity contribution in [2.45, 2.75) is 12.2 Å². The molecule has 4 rings (SSSR count). The SMILES string of the molecule is OCC(CO)NCCOc1cc(Cl)c(-c2noc(-c3cn4cc(C(F)(F)F)ncc4n3)n2)cc1Cl. The number of aliphatic hydroxyl groups excluding tert-OH is 2. The fourth-order valence-corrected chi connectivity index (χ4v) is 3.46. The minimum Gasteiger partial charge on any atom is -0.491 e. The summed E-state index contributed by atoms with van der Waals surface area (Å²) < 4.78 is 50.6. The summed E-state index contributed by atoms with van der Waals surface area (Å²) in [6.07, 6.45) is -1.49. The largest absolute Gasteiger partial charge is 0.491 e. The molecule has 3 N–H and O–H groups in total. The second-order valence-electron chi connectivity index (χ2n) is 7.21. The Morgan fingerprint density at radius 2 is 1.89 bits per heavy atom. The zero-order valence-corrected chi connectivity index (χ0v) is 19.1. The number of benzene rings is 1. The van der Waals surface area contributed by atoms with Crippen molar-refractivity contribution in [2.75, 3.05) is 26.4 Å². The summed E-state index contributed by atoms with van der Waals surface area (Å²) in [7, 11) is 0. The molecular weight excluding hydrogens is 516 g/mol. The summed E-state index contributed by atoms with van der Waals surface area (Å²) in [5.74, 6) is 0.335. The quantitative estimate of drug-likeness (QED) is 0.278. The molecule has 10 nitrogen and oxygen atoms in total. The average molecular weight is 533 g/mol. The summed E-state index contributed by atoms with van der Waals surface area (Å²) in [5.41, 5.74) is -0.429. The van der Waals surface area contributed by atoms with Gasteiger partial charge in [0.2, 0.25) is 5.82 Å². The summed E-state index contributed by atoms with van der Waals surface area (Å²) in [6, 6.07) is 2.50. The number of rotatable bonds is 9. The number of ether oxygens (including phenoxy) is 1. The van der Waals surface area contributed by atoms with Gasteiger partial charge in [0.15, 0.2) is 11.3 Å². The van der Waals surface area contributed by atoms with E-state index in [1.54, 1.807) is 0 Å². The van der Waals surface area contributed by atoms with Crippen LogP contribution in [-0.2, 0) is 6.18 Å². The summed E-state index contributed by atoms with van der Waals surface area (Å²) in [6.45, 7) is 0.0988. The highest BCUT2D eigenvalue weighted by atomic mass is 35.5. The lowest BCUT2D eigenvalue weighted by molar-refractivity contribution is -0.141. The Kier molecular flexibility index (Phi) is 7.42. The van der Waals surface area contributed by atoms with Gasteiger partial charge in [0.1, 0.15) is 18.1 Å². The topological polar surface area (TPSA) is 131 Å². The summed E-state index contributed by atoms with van der Waals surface area (Å²) >= 11 is 12.6. The molecule has 0 saturated carbocycles. The van der Waals surface area contributed by atoms with Gasteiger partial charge < -0.3 is 29.2 Å². The van der Waals surface area contributed by atoms with Crippen molar-refractivity contribution in [2.24, 2.45) is 0 Å². The van der Waals surface area contributed by atoms with E-state index >= 15 is 0 Å². The molecule has 3 aromatic heterocycles. The van der Waals surface area contributed by atoms with Crippen LogP contribution in [0.4, 0.5) is 13.2 Å². The molecule has 0 aliphatic carbocycles. The molecule has 0 amide bonds. The molecule has 186 valence electrons. The lowest BCUT2D eigenvalue weighted by atomic mass is 10.2. The molecule has 35 heavy (non-hydrogen) atoms. The third kappa shape index (κ3) is 5.65. The van der Waals surface area contributed by atoms with E-state index < -0.39 is 17.9 Å². The molecule has 4 aromatic rings. The van der Waals surface area contributed by atoms with Crippen molar-refractivity contribution in [3.8, 4) is 28.7 Å². The monoisotopic (exact) mass is 532 g/mol. The van der Waals surface area contributed by atoms with Gasteiger partial charge >= 0.3 is 6.18 Å². The molecule has 1 aromatic carbocycles. The smallest absolute Gasteiger partial charge is 0.434 e. The standard InChI is InChI=1S/C20H17Cl2F3N6O4/c21-12-4-15(34-2-1-26-10(8-32)9-33)13(22)3-11(12)18-29-19(35-30-18)14-6-31-7-16(20(23,24)25)27-5-17(31)28-14/h3-7,10,26,32-33H,1-2,8-9H2. The number of nitrogens with one attached hydrogen (secondary N) is 1. The maximum absolute atomic E-state index is 12.9. The van der Waals surface area contributed by atoms with Crippen molar-refractivity contribution >= 4 is 28.8 Å². The van der Waals surface area contributed by atoms with Crippen LogP contribution < -0.4 is 10.1 Å². The first-order valence-corrected chi connectivity index (χ1v) is 10.8. The molecule has 0 spiro atoms. The van der Waals surface area contributed by atoms with Crippen LogP contribution in [0.1, 0.15) is 5.69 Å². The van der Waals surface area contributed by atoms with Crippen LogP contribution in [0.5, 0.6) is 5.75 Å². The minimum atomic E-state index is -4.60. The van der Waals surface area contributed by atoms with Crippen LogP contribution in [-0.4, -0.2) is 67.1 Å². The van der Waals surface area contributed by atoms with Gasteiger partial charge in [-0.25, -0.2) is 9.97 Å². The van der Waals surface area contributed by atoms with Crippen LogP contribution in [0.25, 0.3) is 28.6 Å². The third-order valence-electron chi connectivity index (χ3n) is 4.77. The fraction of sp³-hybridized carbons (Fsp3) is 0.300. The van der Waals surface area contributed by atoms with Gasteiger partial charge in [0.05, 0.1) is 35.5 Å². The van der Waals surface area contributed by atoms with E-state index in [4.69, 9.17) is 42.7 Å². The van der Waals surface area contributed by atoms with E-state index in [1.165, 1.54) is 18.3 Å². The first-order valence-electron chi connectivity index (χ1n) is 10.0. The molecule has 0 bridgehead atoms. The predicted octanol–water partition coefficient (Wildman–Crippen LogP) is 3.09. The molecular formula is C20H17Cl2F3N6O4. The van der Waals surface area contributed by atoms with Crippen molar-refractivity contribution in [1.29, 1.82) is 0 Å². The molecule has 0 unspecified atom stereocenters. The molecule has 0 aliphatic heterocycles. The van der Waals surface area contributed by atoms with Crippen molar-refractivity contribution in [3.63, 3.8) is 0 Å². The molecule has 0 aliphatic rings. The molecule has 0 saturated heterocycles. The number of imidazole rings is 1. The summed E-state index contributed by atoms with van der Waals surface area (Å²) in [4.78, 5) is 11.7. The van der Waals surface area contributed by atoms with Gasteiger partial charge in [-0.05, 0) is 6.07 Å². The number of aromatic nitrogens is 5. The molecule has 0 atom stereocenters. The molecule has 15 heteroatoms. The number of nitrogens with zero attached hydrogens (tertiary/aromatic N) is 5. The molecule has 0 radical (unpaired) electrons. The Morgan fingerprint density at radius 1 is 1.11 bits per heavy atom. The number of aliphatic hydroxyl groups is 2. The molecule has 0 fully saturated rings. The van der Waals surface area contributed by atoms with Gasteiger partial charge in [0.25, 0.3) is 5.89 Å². The first kappa shape index (κ1) is 25.1. The Balaban J connectivity index is 1.51. The Bertz CT molecular complexity index is 1330. The van der Waals surface area contributed by atoms with Crippen LogP contribution >= 0.6 is 23.2 Å². The van der Waals surface area contributed by atoms with E-state index in [2.05, 4.69) is 25.4 Å². The number of fused-ring (bicyclic) bond motifs is 1. The van der Waals surface area contributed by atoms with E-state index in [0.717, 1.165) is 16.8 Å². The summed E-state index contributed by atoms with van der Waals surface area (Å²) in [5, 5.41) is 25.3. The maximum atomic E-state index is 12.9. The number of alkyl halides is 3. The van der Waals surface area contributed by atoms with Gasteiger partial charge in [-0.2, -0.15) is 18.2 Å². The highest BCUT2D eigenvalue weighted by molar-refractivity contribution is 6.36. The highest BCUT2D eigenvalue weighted by Gasteiger charge is 2.33. The normalized spacial score (nSPS) is 12.1. The van der Waals surface area contributed by atoms with Crippen molar-refractivity contribution in [1.82, 2.24) is 29.8 Å². The van der Waals surface area contributed by atoms with E-state index in [-0.39, 0.29) is 52.9 Å². The second-order valence-corrected chi connectivity index (χ2v) is 8.03. The number of hydrogen-bond donors (Lipinski definition) is 3. The van der Waals surface area contributed by atoms with Gasteiger partial charge in [-0.15, -0.1) is 0 Å². The fourth-order valence-electron chi connectivity index (χ4n) is 3.01. The zero-order chi connectivity index (χ0) is 25.2. The molecule has 3 heterocycles. The van der Waals surface area contributed by atoms with E-state index in [0.29, 0.717) is 17.9 Å².